The molecule has 0 aliphatic heterocycles. The molecule has 26 heavy (non-hydrogen) atoms. The Balaban J connectivity index is 2.17. The number of nitrogens with zero attached hydrogens (tertiary/aromatic N) is 2. The number of para-hydroxylation sites is 1. The van der Waals surface area contributed by atoms with Crippen LogP contribution in [0.3, 0.4) is 0 Å². The smallest absolute Gasteiger partial charge is 0.200 e. The molecule has 6 heteroatoms. The van der Waals surface area contributed by atoms with E-state index in [9.17, 15) is 4.79 Å². The van der Waals surface area contributed by atoms with Crippen molar-refractivity contribution in [3.63, 3.8) is 0 Å². The summed E-state index contributed by atoms with van der Waals surface area (Å²) in [5.41, 5.74) is 3.22. The van der Waals surface area contributed by atoms with Gasteiger partial charge in [0.15, 0.2) is 18.1 Å². The van der Waals surface area contributed by atoms with E-state index >= 15 is 0 Å². The van der Waals surface area contributed by atoms with Crippen LogP contribution in [-0.4, -0.2) is 37.2 Å². The average molecular weight is 393 g/mol. The predicted octanol–water partition coefficient (Wildman–Crippen LogP) is 5.48. The number of carbonyl (C=O) groups is 1. The number of aliphatic imine (C=N–C) groups is 1. The van der Waals surface area contributed by atoms with Crippen LogP contribution >= 0.6 is 23.2 Å². The highest BCUT2D eigenvalue weighted by Crippen LogP contribution is 2.32. The van der Waals surface area contributed by atoms with Gasteiger partial charge in [-0.05, 0) is 56.2 Å². The molecule has 2 aromatic carbocycles. The SMILES string of the molecule is CCN(C)C=Nc1cc(C)c(C(=O)COc2c(Cl)cccc2Cl)cc1C. The number of halogens is 2. The molecule has 2 rings (SSSR count). The molecular formula is C20H22Cl2N2O2. The molecule has 0 saturated heterocycles. The Bertz CT molecular complexity index is 815. The van der Waals surface area contributed by atoms with Crippen molar-refractivity contribution in [3.8, 4) is 5.75 Å². The van der Waals surface area contributed by atoms with Gasteiger partial charge in [-0.25, -0.2) is 4.99 Å². The molecule has 0 spiro atoms. The van der Waals surface area contributed by atoms with E-state index in [1.54, 1.807) is 24.5 Å². The van der Waals surface area contributed by atoms with Crippen molar-refractivity contribution in [1.82, 2.24) is 4.90 Å². The highest BCUT2D eigenvalue weighted by Gasteiger charge is 2.14. The molecule has 0 aliphatic carbocycles. The standard InChI is InChI=1S/C20H22Cl2N2O2/c1-5-24(4)12-23-18-10-13(2)15(9-14(18)3)19(25)11-26-20-16(21)7-6-8-17(20)22/h6-10,12H,5,11H2,1-4H3. The van der Waals surface area contributed by atoms with E-state index in [0.29, 0.717) is 21.4 Å². The Labute approximate surface area is 164 Å². The number of hydrogen-bond donors (Lipinski definition) is 0. The van der Waals surface area contributed by atoms with Gasteiger partial charge in [-0.1, -0.05) is 29.3 Å². The molecule has 2 aromatic rings. The van der Waals surface area contributed by atoms with Gasteiger partial charge in [-0.15, -0.1) is 0 Å². The molecule has 0 aromatic heterocycles. The predicted molar refractivity (Wildman–Crippen MR) is 109 cm³/mol. The molecule has 0 radical (unpaired) electrons. The molecule has 0 heterocycles. The number of rotatable bonds is 7. The van der Waals surface area contributed by atoms with Crippen LogP contribution in [-0.2, 0) is 0 Å². The van der Waals surface area contributed by atoms with Gasteiger partial charge in [0.2, 0.25) is 0 Å². The molecule has 0 saturated carbocycles. The Morgan fingerprint density at radius 1 is 1.19 bits per heavy atom. The summed E-state index contributed by atoms with van der Waals surface area (Å²) < 4.78 is 5.55. The summed E-state index contributed by atoms with van der Waals surface area (Å²) in [5, 5.41) is 0.755. The first-order valence-electron chi connectivity index (χ1n) is 8.29. The van der Waals surface area contributed by atoms with E-state index in [1.165, 1.54) is 0 Å². The summed E-state index contributed by atoms with van der Waals surface area (Å²) in [6, 6.07) is 8.81. The fourth-order valence-electron chi connectivity index (χ4n) is 2.32. The minimum atomic E-state index is -0.136. The Kier molecular flexibility index (Phi) is 7.06. The maximum absolute atomic E-state index is 12.6. The summed E-state index contributed by atoms with van der Waals surface area (Å²) in [6.45, 7) is 6.61. The van der Waals surface area contributed by atoms with E-state index < -0.39 is 0 Å². The molecule has 0 amide bonds. The van der Waals surface area contributed by atoms with Crippen LogP contribution < -0.4 is 4.74 Å². The second-order valence-electron chi connectivity index (χ2n) is 6.03. The molecule has 138 valence electrons. The van der Waals surface area contributed by atoms with E-state index in [2.05, 4.69) is 11.9 Å². The van der Waals surface area contributed by atoms with Crippen LogP contribution in [0.15, 0.2) is 35.3 Å². The maximum Gasteiger partial charge on any atom is 0.200 e. The summed E-state index contributed by atoms with van der Waals surface area (Å²) in [6.07, 6.45) is 1.78. The Hall–Kier alpha value is -2.04. The van der Waals surface area contributed by atoms with E-state index in [1.807, 2.05) is 37.9 Å². The summed E-state index contributed by atoms with van der Waals surface area (Å²) >= 11 is 12.1. The fourth-order valence-corrected chi connectivity index (χ4v) is 2.83. The molecule has 0 unspecified atom stereocenters. The first-order valence-corrected chi connectivity index (χ1v) is 9.04. The van der Waals surface area contributed by atoms with E-state index in [4.69, 9.17) is 27.9 Å². The fraction of sp³-hybridized carbons (Fsp3) is 0.300. The lowest BCUT2D eigenvalue weighted by molar-refractivity contribution is 0.0921. The third kappa shape index (κ3) is 4.99. The van der Waals surface area contributed by atoms with Crippen LogP contribution in [0.25, 0.3) is 0 Å². The second-order valence-corrected chi connectivity index (χ2v) is 6.85. The third-order valence-electron chi connectivity index (χ3n) is 4.00. The first-order chi connectivity index (χ1) is 12.3. The third-order valence-corrected chi connectivity index (χ3v) is 4.60. The van der Waals surface area contributed by atoms with Gasteiger partial charge in [0, 0.05) is 19.2 Å². The maximum atomic E-state index is 12.6. The number of aryl methyl sites for hydroxylation is 2. The van der Waals surface area contributed by atoms with Crippen molar-refractivity contribution < 1.29 is 9.53 Å². The van der Waals surface area contributed by atoms with Crippen molar-refractivity contribution in [2.24, 2.45) is 4.99 Å². The van der Waals surface area contributed by atoms with Crippen molar-refractivity contribution in [2.45, 2.75) is 20.8 Å². The van der Waals surface area contributed by atoms with Gasteiger partial charge in [-0.2, -0.15) is 0 Å². The van der Waals surface area contributed by atoms with Gasteiger partial charge in [-0.3, -0.25) is 4.79 Å². The summed E-state index contributed by atoms with van der Waals surface area (Å²) in [7, 11) is 1.96. The minimum absolute atomic E-state index is 0.134. The molecule has 0 bridgehead atoms. The Morgan fingerprint density at radius 3 is 2.46 bits per heavy atom. The van der Waals surface area contributed by atoms with Gasteiger partial charge in [0.05, 0.1) is 22.1 Å². The van der Waals surface area contributed by atoms with Gasteiger partial charge in [0.25, 0.3) is 0 Å². The quantitative estimate of drug-likeness (QED) is 0.355. The van der Waals surface area contributed by atoms with Crippen molar-refractivity contribution in [1.29, 1.82) is 0 Å². The normalized spacial score (nSPS) is 11.0. The van der Waals surface area contributed by atoms with Crippen LogP contribution in [0.4, 0.5) is 5.69 Å². The summed E-state index contributed by atoms with van der Waals surface area (Å²) in [4.78, 5) is 19.0. The van der Waals surface area contributed by atoms with Crippen LogP contribution in [0, 0.1) is 13.8 Å². The van der Waals surface area contributed by atoms with E-state index in [0.717, 1.165) is 23.4 Å². The zero-order chi connectivity index (χ0) is 19.3. The lowest BCUT2D eigenvalue weighted by Crippen LogP contribution is -2.15. The lowest BCUT2D eigenvalue weighted by Gasteiger charge is -2.12. The first kappa shape index (κ1) is 20.3. The number of benzene rings is 2. The molecule has 0 fully saturated rings. The van der Waals surface area contributed by atoms with Gasteiger partial charge in [0.1, 0.15) is 0 Å². The minimum Gasteiger partial charge on any atom is -0.482 e. The van der Waals surface area contributed by atoms with Crippen molar-refractivity contribution in [3.05, 3.63) is 57.1 Å². The van der Waals surface area contributed by atoms with Crippen LogP contribution in [0.2, 0.25) is 10.0 Å². The number of carbonyl (C=O) groups excluding carboxylic acids is 1. The second kappa shape index (κ2) is 9.06. The van der Waals surface area contributed by atoms with E-state index in [-0.39, 0.29) is 12.4 Å². The van der Waals surface area contributed by atoms with Crippen molar-refractivity contribution >= 4 is 41.0 Å². The largest absolute Gasteiger partial charge is 0.482 e. The number of hydrogen-bond acceptors (Lipinski definition) is 3. The molecular weight excluding hydrogens is 371 g/mol. The van der Waals surface area contributed by atoms with Crippen LogP contribution in [0.1, 0.15) is 28.4 Å². The zero-order valence-corrected chi connectivity index (χ0v) is 16.9. The van der Waals surface area contributed by atoms with Crippen molar-refractivity contribution in [2.75, 3.05) is 20.2 Å². The zero-order valence-electron chi connectivity index (χ0n) is 15.3. The molecule has 0 atom stereocenters. The lowest BCUT2D eigenvalue weighted by atomic mass is 10.0. The number of Topliss-reactive ketones (excluding diaryl/α,β-unsaturated/α-hetero) is 1. The molecule has 0 aliphatic rings. The number of ketones is 1. The van der Waals surface area contributed by atoms with Gasteiger partial charge >= 0.3 is 0 Å². The number of ether oxygens (including phenoxy) is 1. The molecule has 0 N–H and O–H groups in total. The molecule has 4 nitrogen and oxygen atoms in total. The topological polar surface area (TPSA) is 41.9 Å². The highest BCUT2D eigenvalue weighted by atomic mass is 35.5. The van der Waals surface area contributed by atoms with Gasteiger partial charge < -0.3 is 9.64 Å². The summed E-state index contributed by atoms with van der Waals surface area (Å²) in [5.74, 6) is 0.185. The van der Waals surface area contributed by atoms with Crippen LogP contribution in [0.5, 0.6) is 5.75 Å². The average Bonchev–Trinajstić information content (AvgIpc) is 2.61. The Morgan fingerprint density at radius 2 is 1.85 bits per heavy atom. The monoisotopic (exact) mass is 392 g/mol. The highest BCUT2D eigenvalue weighted by molar-refractivity contribution is 6.37.